The Bertz CT molecular complexity index is 967. The van der Waals surface area contributed by atoms with Gasteiger partial charge in [0.15, 0.2) is 5.17 Å². The summed E-state index contributed by atoms with van der Waals surface area (Å²) >= 11 is 1.20. The fraction of sp³-hybridized carbons (Fsp3) is 0.0526. The topological polar surface area (TPSA) is 96.0 Å². The monoisotopic (exact) mass is 381 g/mol. The van der Waals surface area contributed by atoms with Gasteiger partial charge >= 0.3 is 0 Å². The molecule has 2 aromatic rings. The van der Waals surface area contributed by atoms with E-state index < -0.39 is 4.92 Å². The summed E-state index contributed by atoms with van der Waals surface area (Å²) in [6, 6.07) is 12.4. The molecular weight excluding hydrogens is 366 g/mol. The highest BCUT2D eigenvalue weighted by molar-refractivity contribution is 8.18. The van der Waals surface area contributed by atoms with Gasteiger partial charge < -0.3 is 5.11 Å². The predicted octanol–water partition coefficient (Wildman–Crippen LogP) is 4.09. The van der Waals surface area contributed by atoms with Gasteiger partial charge in [-0.05, 0) is 47.7 Å². The van der Waals surface area contributed by atoms with Gasteiger partial charge in [0.05, 0.1) is 15.5 Å². The lowest BCUT2D eigenvalue weighted by atomic mass is 10.2. The molecule has 0 bridgehead atoms. The molecule has 27 heavy (non-hydrogen) atoms. The van der Waals surface area contributed by atoms with Gasteiger partial charge in [0.1, 0.15) is 5.75 Å². The van der Waals surface area contributed by atoms with E-state index in [1.54, 1.807) is 36.4 Å². The van der Waals surface area contributed by atoms with Crippen molar-refractivity contribution < 1.29 is 14.8 Å². The molecule has 136 valence electrons. The first-order chi connectivity index (χ1) is 13.0. The summed E-state index contributed by atoms with van der Waals surface area (Å²) in [7, 11) is 0. The number of nitrogens with zero attached hydrogens (tertiary/aromatic N) is 3. The Kier molecular flexibility index (Phi) is 5.37. The second-order valence-electron chi connectivity index (χ2n) is 5.58. The van der Waals surface area contributed by atoms with Crippen LogP contribution in [0.4, 0.5) is 11.4 Å². The Morgan fingerprint density at radius 1 is 1.26 bits per heavy atom. The number of hydrogen-bond acceptors (Lipinski definition) is 6. The molecule has 0 unspecified atom stereocenters. The van der Waals surface area contributed by atoms with Crippen LogP contribution in [0.3, 0.4) is 0 Å². The van der Waals surface area contributed by atoms with Crippen LogP contribution < -0.4 is 0 Å². The molecule has 1 amide bonds. The molecule has 0 aromatic heterocycles. The number of rotatable bonds is 5. The minimum absolute atomic E-state index is 0.0121. The van der Waals surface area contributed by atoms with E-state index in [9.17, 15) is 20.0 Å². The maximum Gasteiger partial charge on any atom is 0.269 e. The van der Waals surface area contributed by atoms with Gasteiger partial charge in [-0.25, -0.2) is 4.99 Å². The van der Waals surface area contributed by atoms with Crippen LogP contribution in [-0.4, -0.2) is 32.5 Å². The van der Waals surface area contributed by atoms with Crippen molar-refractivity contribution in [1.29, 1.82) is 0 Å². The lowest BCUT2D eigenvalue weighted by Gasteiger charge is -2.12. The van der Waals surface area contributed by atoms with Crippen LogP contribution in [0.5, 0.6) is 5.75 Å². The van der Waals surface area contributed by atoms with Crippen molar-refractivity contribution in [3.05, 3.63) is 81.8 Å². The Balaban J connectivity index is 1.92. The normalized spacial score (nSPS) is 16.9. The van der Waals surface area contributed by atoms with E-state index in [1.807, 2.05) is 0 Å². The van der Waals surface area contributed by atoms with Crippen LogP contribution in [-0.2, 0) is 4.79 Å². The number of phenols is 1. The zero-order valence-corrected chi connectivity index (χ0v) is 14.9. The Morgan fingerprint density at radius 3 is 2.63 bits per heavy atom. The van der Waals surface area contributed by atoms with E-state index in [4.69, 9.17) is 0 Å². The molecule has 0 atom stereocenters. The lowest BCUT2D eigenvalue weighted by molar-refractivity contribution is -0.384. The van der Waals surface area contributed by atoms with E-state index in [0.717, 1.165) is 0 Å². The van der Waals surface area contributed by atoms with E-state index in [-0.39, 0.29) is 17.3 Å². The van der Waals surface area contributed by atoms with Crippen LogP contribution in [0, 0.1) is 10.1 Å². The average molecular weight is 381 g/mol. The van der Waals surface area contributed by atoms with E-state index >= 15 is 0 Å². The highest BCUT2D eigenvalue weighted by Crippen LogP contribution is 2.34. The smallest absolute Gasteiger partial charge is 0.269 e. The molecule has 0 aliphatic carbocycles. The number of nitro benzene ring substituents is 1. The fourth-order valence-corrected chi connectivity index (χ4v) is 3.41. The highest BCUT2D eigenvalue weighted by Gasteiger charge is 2.32. The number of hydrogen-bond donors (Lipinski definition) is 1. The van der Waals surface area contributed by atoms with E-state index in [0.29, 0.717) is 27.9 Å². The molecular formula is C19H15N3O4S. The first-order valence-electron chi connectivity index (χ1n) is 7.92. The minimum Gasteiger partial charge on any atom is -0.508 e. The standard InChI is InChI=1S/C19H15N3O4S/c1-2-10-21-18(24)17(11-13-6-8-15(9-7-13)22(25)26)27-19(21)20-14-4-3-5-16(23)12-14/h2-9,11-12,23H,1,10H2. The number of nitro groups is 1. The molecule has 1 aliphatic heterocycles. The van der Waals surface area contributed by atoms with Crippen LogP contribution in [0.1, 0.15) is 5.56 Å². The number of benzene rings is 2. The minimum atomic E-state index is -0.474. The van der Waals surface area contributed by atoms with E-state index in [2.05, 4.69) is 11.6 Å². The van der Waals surface area contributed by atoms with Crippen LogP contribution in [0.2, 0.25) is 0 Å². The summed E-state index contributed by atoms with van der Waals surface area (Å²) in [5, 5.41) is 20.8. The third-order valence-electron chi connectivity index (χ3n) is 3.66. The second kappa shape index (κ2) is 7.88. The Hall–Kier alpha value is -3.39. The molecule has 2 aromatic carbocycles. The summed E-state index contributed by atoms with van der Waals surface area (Å²) < 4.78 is 0. The molecule has 1 fully saturated rings. The average Bonchev–Trinajstić information content (AvgIpc) is 2.91. The summed E-state index contributed by atoms with van der Waals surface area (Å²) in [6.45, 7) is 3.96. The number of aliphatic imine (C=N–C) groups is 1. The van der Waals surface area contributed by atoms with Crippen LogP contribution in [0.15, 0.2) is 71.1 Å². The molecule has 1 heterocycles. The van der Waals surface area contributed by atoms with Gasteiger partial charge in [0.25, 0.3) is 11.6 Å². The van der Waals surface area contributed by atoms with Crippen molar-refractivity contribution in [2.24, 2.45) is 4.99 Å². The molecule has 1 N–H and O–H groups in total. The Labute approximate surface area is 159 Å². The van der Waals surface area contributed by atoms with Gasteiger partial charge in [-0.15, -0.1) is 6.58 Å². The summed E-state index contributed by atoms with van der Waals surface area (Å²) in [5.41, 5.74) is 1.19. The van der Waals surface area contributed by atoms with Crippen LogP contribution in [0.25, 0.3) is 6.08 Å². The predicted molar refractivity (Wildman–Crippen MR) is 106 cm³/mol. The number of carbonyl (C=O) groups excluding carboxylic acids is 1. The van der Waals surface area contributed by atoms with Crippen molar-refractivity contribution in [1.82, 2.24) is 4.90 Å². The molecule has 0 radical (unpaired) electrons. The Morgan fingerprint density at radius 2 is 2.00 bits per heavy atom. The second-order valence-corrected chi connectivity index (χ2v) is 6.59. The third-order valence-corrected chi connectivity index (χ3v) is 4.66. The third kappa shape index (κ3) is 4.24. The maximum atomic E-state index is 12.7. The van der Waals surface area contributed by atoms with Crippen LogP contribution >= 0.6 is 11.8 Å². The summed E-state index contributed by atoms with van der Waals surface area (Å²) in [6.07, 6.45) is 3.27. The first-order valence-corrected chi connectivity index (χ1v) is 8.74. The molecule has 3 rings (SSSR count). The van der Waals surface area contributed by atoms with Gasteiger partial charge in [0, 0.05) is 24.7 Å². The quantitative estimate of drug-likeness (QED) is 0.364. The van der Waals surface area contributed by atoms with Gasteiger partial charge in [-0.1, -0.05) is 12.1 Å². The number of phenolic OH excluding ortho intramolecular Hbond substituents is 1. The molecule has 8 heteroatoms. The number of carbonyl (C=O) groups is 1. The van der Waals surface area contributed by atoms with Gasteiger partial charge in [0.2, 0.25) is 0 Å². The van der Waals surface area contributed by atoms with E-state index in [1.165, 1.54) is 40.9 Å². The number of amides is 1. The maximum absolute atomic E-state index is 12.7. The highest BCUT2D eigenvalue weighted by atomic mass is 32.2. The van der Waals surface area contributed by atoms with Crippen molar-refractivity contribution in [3.63, 3.8) is 0 Å². The first kappa shape index (κ1) is 18.4. The molecule has 7 nitrogen and oxygen atoms in total. The number of non-ortho nitro benzene ring substituents is 1. The molecule has 0 spiro atoms. The summed E-state index contributed by atoms with van der Waals surface area (Å²) in [5.74, 6) is -0.139. The SMILES string of the molecule is C=CCN1C(=O)C(=Cc2ccc([N+](=O)[O-])cc2)SC1=Nc1cccc(O)c1. The van der Waals surface area contributed by atoms with Crippen molar-refractivity contribution >= 4 is 40.3 Å². The van der Waals surface area contributed by atoms with Gasteiger partial charge in [-0.2, -0.15) is 0 Å². The number of amidine groups is 1. The van der Waals surface area contributed by atoms with Crippen molar-refractivity contribution in [2.45, 2.75) is 0 Å². The van der Waals surface area contributed by atoms with Gasteiger partial charge in [-0.3, -0.25) is 19.8 Å². The fourth-order valence-electron chi connectivity index (χ4n) is 2.40. The molecule has 0 saturated carbocycles. The number of aromatic hydroxyl groups is 1. The van der Waals surface area contributed by atoms with Crippen molar-refractivity contribution in [3.8, 4) is 5.75 Å². The molecule has 1 saturated heterocycles. The zero-order valence-electron chi connectivity index (χ0n) is 14.1. The zero-order chi connectivity index (χ0) is 19.4. The lowest BCUT2D eigenvalue weighted by Crippen LogP contribution is -2.29. The molecule has 1 aliphatic rings. The van der Waals surface area contributed by atoms with Crippen molar-refractivity contribution in [2.75, 3.05) is 6.54 Å². The number of thioether (sulfide) groups is 1. The largest absolute Gasteiger partial charge is 0.508 e. The summed E-state index contributed by atoms with van der Waals surface area (Å²) in [4.78, 5) is 29.3.